The van der Waals surface area contributed by atoms with Crippen LogP contribution in [0.15, 0.2) is 11.6 Å². The number of allylic oxidation sites excluding steroid dienone is 1. The summed E-state index contributed by atoms with van der Waals surface area (Å²) in [5.41, 5.74) is 1.49. The molecule has 1 aliphatic heterocycles. The Morgan fingerprint density at radius 3 is 3.27 bits per heavy atom. The van der Waals surface area contributed by atoms with Crippen molar-refractivity contribution in [3.63, 3.8) is 0 Å². The van der Waals surface area contributed by atoms with E-state index in [4.69, 9.17) is 9.84 Å². The summed E-state index contributed by atoms with van der Waals surface area (Å²) in [6.45, 7) is 4.86. The number of aliphatic hydroxyl groups is 1. The van der Waals surface area contributed by atoms with Gasteiger partial charge in [0.05, 0.1) is 19.3 Å². The lowest BCUT2D eigenvalue weighted by Crippen LogP contribution is -2.43. The Labute approximate surface area is 91.5 Å². The quantitative estimate of drug-likeness (QED) is 0.537. The van der Waals surface area contributed by atoms with Gasteiger partial charge >= 0.3 is 0 Å². The summed E-state index contributed by atoms with van der Waals surface area (Å²) in [6.07, 6.45) is 5.16. The van der Waals surface area contributed by atoms with Gasteiger partial charge in [-0.1, -0.05) is 11.6 Å². The number of ether oxygens (including phenoxy) is 1. The van der Waals surface area contributed by atoms with Crippen LogP contribution in [0.5, 0.6) is 0 Å². The third-order valence-corrected chi connectivity index (χ3v) is 3.57. The van der Waals surface area contributed by atoms with Gasteiger partial charge < -0.3 is 15.2 Å². The maximum atomic E-state index is 8.71. The summed E-state index contributed by atoms with van der Waals surface area (Å²) in [4.78, 5) is 0. The van der Waals surface area contributed by atoms with Crippen LogP contribution in [-0.2, 0) is 4.74 Å². The number of fused-ring (bicyclic) bond motifs is 2. The van der Waals surface area contributed by atoms with E-state index in [0.717, 1.165) is 19.1 Å². The Morgan fingerprint density at radius 2 is 2.47 bits per heavy atom. The van der Waals surface area contributed by atoms with Crippen LogP contribution in [0.2, 0.25) is 0 Å². The highest BCUT2D eigenvalue weighted by atomic mass is 16.5. The van der Waals surface area contributed by atoms with Crippen LogP contribution in [-0.4, -0.2) is 37.5 Å². The van der Waals surface area contributed by atoms with Gasteiger partial charge in [0.1, 0.15) is 0 Å². The van der Waals surface area contributed by atoms with Crippen molar-refractivity contribution >= 4 is 0 Å². The minimum Gasteiger partial charge on any atom is -0.395 e. The lowest BCUT2D eigenvalue weighted by Gasteiger charge is -2.40. The van der Waals surface area contributed by atoms with Gasteiger partial charge in [0.25, 0.3) is 0 Å². The van der Waals surface area contributed by atoms with Gasteiger partial charge in [-0.2, -0.15) is 0 Å². The minimum absolute atomic E-state index is 0.203. The molecule has 2 rings (SSSR count). The third kappa shape index (κ3) is 2.60. The van der Waals surface area contributed by atoms with Gasteiger partial charge in [0.15, 0.2) is 0 Å². The average molecular weight is 211 g/mol. The fourth-order valence-electron chi connectivity index (χ4n) is 2.63. The molecule has 2 bridgehead atoms. The maximum absolute atomic E-state index is 8.71. The number of rotatable bonds is 4. The molecule has 15 heavy (non-hydrogen) atoms. The predicted octanol–water partition coefficient (Wildman–Crippen LogP) is 0.940. The third-order valence-electron chi connectivity index (χ3n) is 3.57. The molecular formula is C12H21NO2. The number of aliphatic hydroxyl groups excluding tert-OH is 1. The highest BCUT2D eigenvalue weighted by Gasteiger charge is 2.34. The highest BCUT2D eigenvalue weighted by molar-refractivity contribution is 5.12. The van der Waals surface area contributed by atoms with Crippen LogP contribution < -0.4 is 5.32 Å². The summed E-state index contributed by atoms with van der Waals surface area (Å²) >= 11 is 0. The van der Waals surface area contributed by atoms with E-state index < -0.39 is 0 Å². The predicted molar refractivity (Wildman–Crippen MR) is 59.7 cm³/mol. The maximum Gasteiger partial charge on any atom is 0.0764 e. The molecule has 2 aliphatic rings. The summed E-state index contributed by atoms with van der Waals surface area (Å²) < 4.78 is 5.88. The van der Waals surface area contributed by atoms with Gasteiger partial charge in [0.2, 0.25) is 0 Å². The average Bonchev–Trinajstić information content (AvgIpc) is 2.26. The molecule has 0 saturated carbocycles. The van der Waals surface area contributed by atoms with E-state index in [-0.39, 0.29) is 6.61 Å². The van der Waals surface area contributed by atoms with Crippen molar-refractivity contribution in [3.8, 4) is 0 Å². The molecule has 1 saturated heterocycles. The Kier molecular flexibility index (Phi) is 3.78. The van der Waals surface area contributed by atoms with E-state index in [1.807, 2.05) is 0 Å². The molecule has 3 heteroatoms. The van der Waals surface area contributed by atoms with Gasteiger partial charge in [-0.25, -0.2) is 0 Å². The molecule has 1 heterocycles. The zero-order valence-electron chi connectivity index (χ0n) is 9.41. The summed E-state index contributed by atoms with van der Waals surface area (Å²) in [5, 5.41) is 11.9. The Hall–Kier alpha value is -0.380. The first-order chi connectivity index (χ1) is 7.31. The number of hydrogen-bond donors (Lipinski definition) is 2. The van der Waals surface area contributed by atoms with Gasteiger partial charge in [-0.05, 0) is 25.7 Å². The van der Waals surface area contributed by atoms with Crippen LogP contribution in [0, 0.1) is 11.8 Å². The second kappa shape index (κ2) is 5.10. The van der Waals surface area contributed by atoms with Crippen LogP contribution >= 0.6 is 0 Å². The zero-order valence-corrected chi connectivity index (χ0v) is 9.41. The molecule has 0 amide bonds. The Bertz CT molecular complexity index is 240. The van der Waals surface area contributed by atoms with Crippen molar-refractivity contribution in [1.29, 1.82) is 0 Å². The second-order valence-corrected chi connectivity index (χ2v) is 4.69. The highest BCUT2D eigenvalue weighted by Crippen LogP contribution is 2.36. The number of hydrogen-bond acceptors (Lipinski definition) is 3. The first-order valence-electron chi connectivity index (χ1n) is 5.91. The molecule has 3 nitrogen and oxygen atoms in total. The van der Waals surface area contributed by atoms with E-state index in [9.17, 15) is 0 Å². The van der Waals surface area contributed by atoms with Crippen molar-refractivity contribution in [1.82, 2.24) is 5.32 Å². The van der Waals surface area contributed by atoms with Crippen LogP contribution in [0.3, 0.4) is 0 Å². The lowest BCUT2D eigenvalue weighted by atomic mass is 9.77. The van der Waals surface area contributed by atoms with Crippen LogP contribution in [0.1, 0.15) is 19.8 Å². The van der Waals surface area contributed by atoms with E-state index in [1.54, 1.807) is 0 Å². The molecule has 3 atom stereocenters. The molecule has 0 aromatic rings. The lowest BCUT2D eigenvalue weighted by molar-refractivity contribution is -0.0477. The second-order valence-electron chi connectivity index (χ2n) is 4.69. The topological polar surface area (TPSA) is 41.5 Å². The molecule has 0 aromatic heterocycles. The monoisotopic (exact) mass is 211 g/mol. The van der Waals surface area contributed by atoms with Crippen molar-refractivity contribution in [2.75, 3.05) is 26.3 Å². The fraction of sp³-hybridized carbons (Fsp3) is 0.833. The zero-order chi connectivity index (χ0) is 10.7. The molecule has 0 spiro atoms. The largest absolute Gasteiger partial charge is 0.395 e. The fourth-order valence-corrected chi connectivity index (χ4v) is 2.63. The summed E-state index contributed by atoms with van der Waals surface area (Å²) in [7, 11) is 0. The standard InChI is InChI=1S/C12H21NO2/c1-9-2-3-10-6-11(9)12(15-8-10)7-13-4-5-14/h2,10-14H,3-8H2,1H3/t10-,11+,12+/m1/s1. The summed E-state index contributed by atoms with van der Waals surface area (Å²) in [6, 6.07) is 0. The van der Waals surface area contributed by atoms with Crippen molar-refractivity contribution in [2.45, 2.75) is 25.9 Å². The molecule has 0 radical (unpaired) electrons. The van der Waals surface area contributed by atoms with E-state index in [0.29, 0.717) is 18.6 Å². The molecule has 0 unspecified atom stereocenters. The molecule has 2 N–H and O–H groups in total. The molecule has 1 fully saturated rings. The Balaban J connectivity index is 1.89. The molecule has 86 valence electrons. The van der Waals surface area contributed by atoms with E-state index in [1.165, 1.54) is 18.4 Å². The first-order valence-corrected chi connectivity index (χ1v) is 5.91. The van der Waals surface area contributed by atoms with Gasteiger partial charge in [-0.15, -0.1) is 0 Å². The van der Waals surface area contributed by atoms with Crippen LogP contribution in [0.4, 0.5) is 0 Å². The van der Waals surface area contributed by atoms with E-state index >= 15 is 0 Å². The molecule has 1 aliphatic carbocycles. The SMILES string of the molecule is CC1=CC[C@H]2CO[C@@H](CNCCO)[C@H]1C2. The van der Waals surface area contributed by atoms with Crippen molar-refractivity contribution in [3.05, 3.63) is 11.6 Å². The Morgan fingerprint density at radius 1 is 1.60 bits per heavy atom. The van der Waals surface area contributed by atoms with Gasteiger partial charge in [0, 0.05) is 19.0 Å². The smallest absolute Gasteiger partial charge is 0.0764 e. The van der Waals surface area contributed by atoms with Crippen LogP contribution in [0.25, 0.3) is 0 Å². The van der Waals surface area contributed by atoms with Crippen molar-refractivity contribution < 1.29 is 9.84 Å². The first kappa shape index (κ1) is 11.1. The molecular weight excluding hydrogens is 190 g/mol. The summed E-state index contributed by atoms with van der Waals surface area (Å²) in [5.74, 6) is 1.34. The minimum atomic E-state index is 0.203. The number of nitrogens with one attached hydrogen (secondary N) is 1. The van der Waals surface area contributed by atoms with E-state index in [2.05, 4.69) is 18.3 Å². The normalized spacial score (nSPS) is 35.1. The van der Waals surface area contributed by atoms with Crippen molar-refractivity contribution in [2.24, 2.45) is 11.8 Å². The van der Waals surface area contributed by atoms with Gasteiger partial charge in [-0.3, -0.25) is 0 Å². The molecule has 0 aromatic carbocycles.